The molecule has 2 atom stereocenters. The highest BCUT2D eigenvalue weighted by Crippen LogP contribution is 2.16. The van der Waals surface area contributed by atoms with Gasteiger partial charge in [0.15, 0.2) is 0 Å². The molecule has 0 saturated carbocycles. The standard InChI is InChI=1S/C9H17NO4/c1-2-3-4-6(5-7(11)12)8(10)9(13)14/h6,8H,2-5,10H2,1H3,(H,11,12)(H,13,14)/t6-,8+/m1/s1. The first-order valence-electron chi connectivity index (χ1n) is 4.69. The highest BCUT2D eigenvalue weighted by Gasteiger charge is 2.25. The Morgan fingerprint density at radius 3 is 2.29 bits per heavy atom. The molecule has 0 radical (unpaired) electrons. The molecule has 0 amide bonds. The molecule has 0 fully saturated rings. The molecular weight excluding hydrogens is 186 g/mol. The first-order valence-corrected chi connectivity index (χ1v) is 4.69. The first kappa shape index (κ1) is 12.9. The fourth-order valence-electron chi connectivity index (χ4n) is 1.30. The van der Waals surface area contributed by atoms with Gasteiger partial charge in [0, 0.05) is 0 Å². The minimum atomic E-state index is -1.13. The predicted octanol–water partition coefficient (Wildman–Crippen LogP) is 0.679. The number of carboxylic acids is 2. The van der Waals surface area contributed by atoms with Gasteiger partial charge in [0.25, 0.3) is 0 Å². The van der Waals surface area contributed by atoms with Crippen LogP contribution in [0.3, 0.4) is 0 Å². The molecule has 14 heavy (non-hydrogen) atoms. The van der Waals surface area contributed by atoms with Gasteiger partial charge in [-0.2, -0.15) is 0 Å². The molecule has 0 aromatic carbocycles. The third kappa shape index (κ3) is 4.81. The third-order valence-corrected chi connectivity index (χ3v) is 2.16. The van der Waals surface area contributed by atoms with E-state index in [4.69, 9.17) is 15.9 Å². The van der Waals surface area contributed by atoms with Crippen LogP contribution >= 0.6 is 0 Å². The monoisotopic (exact) mass is 203 g/mol. The number of hydrogen-bond donors (Lipinski definition) is 3. The van der Waals surface area contributed by atoms with Gasteiger partial charge in [-0.1, -0.05) is 19.8 Å². The van der Waals surface area contributed by atoms with Crippen LogP contribution in [0.4, 0.5) is 0 Å². The Hall–Kier alpha value is -1.10. The van der Waals surface area contributed by atoms with E-state index < -0.39 is 23.9 Å². The van der Waals surface area contributed by atoms with Crippen molar-refractivity contribution >= 4 is 11.9 Å². The Balaban J connectivity index is 4.22. The van der Waals surface area contributed by atoms with Gasteiger partial charge < -0.3 is 15.9 Å². The van der Waals surface area contributed by atoms with E-state index in [1.807, 2.05) is 6.92 Å². The summed E-state index contributed by atoms with van der Waals surface area (Å²) in [6, 6.07) is -1.07. The molecule has 5 nitrogen and oxygen atoms in total. The Labute approximate surface area is 82.9 Å². The van der Waals surface area contributed by atoms with Crippen LogP contribution in [0.1, 0.15) is 32.6 Å². The summed E-state index contributed by atoms with van der Waals surface area (Å²) in [5.41, 5.74) is 5.39. The van der Waals surface area contributed by atoms with Crippen LogP contribution < -0.4 is 5.73 Å². The summed E-state index contributed by atoms with van der Waals surface area (Å²) in [4.78, 5) is 21.0. The zero-order valence-electron chi connectivity index (χ0n) is 8.27. The van der Waals surface area contributed by atoms with Gasteiger partial charge in [-0.25, -0.2) is 0 Å². The predicted molar refractivity (Wildman–Crippen MR) is 50.9 cm³/mol. The van der Waals surface area contributed by atoms with E-state index in [1.165, 1.54) is 0 Å². The topological polar surface area (TPSA) is 101 Å². The quantitative estimate of drug-likeness (QED) is 0.564. The number of nitrogens with two attached hydrogens (primary N) is 1. The molecule has 0 unspecified atom stereocenters. The minimum Gasteiger partial charge on any atom is -0.481 e. The van der Waals surface area contributed by atoms with Crippen molar-refractivity contribution in [2.45, 2.75) is 38.6 Å². The lowest BCUT2D eigenvalue weighted by Crippen LogP contribution is -2.39. The third-order valence-electron chi connectivity index (χ3n) is 2.16. The largest absolute Gasteiger partial charge is 0.481 e. The second-order valence-electron chi connectivity index (χ2n) is 3.36. The molecule has 0 aliphatic rings. The van der Waals surface area contributed by atoms with Crippen LogP contribution in [0.5, 0.6) is 0 Å². The van der Waals surface area contributed by atoms with E-state index in [-0.39, 0.29) is 6.42 Å². The molecule has 0 bridgehead atoms. The van der Waals surface area contributed by atoms with Crippen LogP contribution in [-0.2, 0) is 9.59 Å². The Kier molecular flexibility index (Phi) is 5.87. The van der Waals surface area contributed by atoms with E-state index >= 15 is 0 Å². The lowest BCUT2D eigenvalue weighted by atomic mass is 9.91. The molecule has 4 N–H and O–H groups in total. The smallest absolute Gasteiger partial charge is 0.320 e. The van der Waals surface area contributed by atoms with Crippen LogP contribution in [0, 0.1) is 5.92 Å². The zero-order valence-corrected chi connectivity index (χ0v) is 8.27. The van der Waals surface area contributed by atoms with Gasteiger partial charge in [-0.05, 0) is 12.3 Å². The van der Waals surface area contributed by atoms with Crippen molar-refractivity contribution in [2.75, 3.05) is 0 Å². The van der Waals surface area contributed by atoms with Crippen LogP contribution in [0.2, 0.25) is 0 Å². The maximum Gasteiger partial charge on any atom is 0.320 e. The van der Waals surface area contributed by atoms with Gasteiger partial charge >= 0.3 is 11.9 Å². The summed E-state index contributed by atoms with van der Waals surface area (Å²) >= 11 is 0. The van der Waals surface area contributed by atoms with E-state index in [2.05, 4.69) is 0 Å². The van der Waals surface area contributed by atoms with E-state index in [0.29, 0.717) is 6.42 Å². The molecule has 5 heteroatoms. The highest BCUT2D eigenvalue weighted by molar-refractivity contribution is 5.75. The molecule has 82 valence electrons. The maximum atomic E-state index is 10.6. The summed E-state index contributed by atoms with van der Waals surface area (Å²) in [6.45, 7) is 1.96. The average molecular weight is 203 g/mol. The summed E-state index contributed by atoms with van der Waals surface area (Å²) in [6.07, 6.45) is 2.09. The van der Waals surface area contributed by atoms with Crippen molar-refractivity contribution in [2.24, 2.45) is 11.7 Å². The molecule has 0 aromatic rings. The number of rotatable bonds is 7. The van der Waals surface area contributed by atoms with Crippen molar-refractivity contribution in [1.29, 1.82) is 0 Å². The summed E-state index contributed by atoms with van der Waals surface area (Å²) in [5.74, 6) is -2.60. The van der Waals surface area contributed by atoms with Crippen molar-refractivity contribution < 1.29 is 19.8 Å². The molecule has 0 aromatic heterocycles. The van der Waals surface area contributed by atoms with Crippen molar-refractivity contribution in [3.8, 4) is 0 Å². The fourth-order valence-corrected chi connectivity index (χ4v) is 1.30. The lowest BCUT2D eigenvalue weighted by Gasteiger charge is -2.18. The Morgan fingerprint density at radius 2 is 1.93 bits per heavy atom. The van der Waals surface area contributed by atoms with Crippen molar-refractivity contribution in [1.82, 2.24) is 0 Å². The normalized spacial score (nSPS) is 14.7. The lowest BCUT2D eigenvalue weighted by molar-refractivity contribution is -0.142. The summed E-state index contributed by atoms with van der Waals surface area (Å²) < 4.78 is 0. The number of unbranched alkanes of at least 4 members (excludes halogenated alkanes) is 1. The van der Waals surface area contributed by atoms with E-state index in [1.54, 1.807) is 0 Å². The first-order chi connectivity index (χ1) is 6.49. The Morgan fingerprint density at radius 1 is 1.36 bits per heavy atom. The van der Waals surface area contributed by atoms with Gasteiger partial charge in [-0.3, -0.25) is 9.59 Å². The Bertz CT molecular complexity index is 205. The van der Waals surface area contributed by atoms with Gasteiger partial charge in [0.05, 0.1) is 6.42 Å². The molecule has 0 heterocycles. The summed E-state index contributed by atoms with van der Waals surface area (Å²) in [5, 5.41) is 17.2. The molecule has 0 aliphatic carbocycles. The fraction of sp³-hybridized carbons (Fsp3) is 0.778. The minimum absolute atomic E-state index is 0.173. The number of carboxylic acid groups (broad SMARTS) is 2. The molecule has 0 saturated heterocycles. The molecule has 0 rings (SSSR count). The van der Waals surface area contributed by atoms with E-state index in [0.717, 1.165) is 12.8 Å². The van der Waals surface area contributed by atoms with E-state index in [9.17, 15) is 9.59 Å². The molecule has 0 aliphatic heterocycles. The van der Waals surface area contributed by atoms with Crippen LogP contribution in [0.25, 0.3) is 0 Å². The van der Waals surface area contributed by atoms with Crippen molar-refractivity contribution in [3.63, 3.8) is 0 Å². The zero-order chi connectivity index (χ0) is 11.1. The van der Waals surface area contributed by atoms with Gasteiger partial charge in [0.1, 0.15) is 6.04 Å². The SMILES string of the molecule is CCCC[C@H](CC(=O)O)[C@H](N)C(=O)O. The maximum absolute atomic E-state index is 10.6. The number of hydrogen-bond acceptors (Lipinski definition) is 3. The second kappa shape index (κ2) is 6.37. The van der Waals surface area contributed by atoms with Gasteiger partial charge in [-0.15, -0.1) is 0 Å². The highest BCUT2D eigenvalue weighted by atomic mass is 16.4. The summed E-state index contributed by atoms with van der Waals surface area (Å²) in [7, 11) is 0. The van der Waals surface area contributed by atoms with Crippen molar-refractivity contribution in [3.05, 3.63) is 0 Å². The molecular formula is C9H17NO4. The molecule has 0 spiro atoms. The van der Waals surface area contributed by atoms with Crippen LogP contribution in [0.15, 0.2) is 0 Å². The number of carbonyl (C=O) groups is 2. The van der Waals surface area contributed by atoms with Gasteiger partial charge in [0.2, 0.25) is 0 Å². The van der Waals surface area contributed by atoms with Crippen LogP contribution in [-0.4, -0.2) is 28.2 Å². The number of aliphatic carboxylic acids is 2. The second-order valence-corrected chi connectivity index (χ2v) is 3.36. The average Bonchev–Trinajstić information content (AvgIpc) is 2.10.